The number of para-hydroxylation sites is 1. The number of benzene rings is 2. The van der Waals surface area contributed by atoms with E-state index in [1.165, 1.54) is 27.7 Å². The number of rotatable bonds is 2. The molecule has 2 aromatic carbocycles. The van der Waals surface area contributed by atoms with Gasteiger partial charge in [-0.1, -0.05) is 63.2 Å². The predicted octanol–water partition coefficient (Wildman–Crippen LogP) is 8.30. The summed E-state index contributed by atoms with van der Waals surface area (Å²) in [7, 11) is -8.48. The first-order chi connectivity index (χ1) is 12.9. The molecule has 0 saturated carbocycles. The number of halogens is 6. The van der Waals surface area contributed by atoms with E-state index >= 15 is 0 Å². The summed E-state index contributed by atoms with van der Waals surface area (Å²) in [6.07, 6.45) is 1.06. The van der Waals surface area contributed by atoms with Crippen molar-refractivity contribution in [2.45, 2.75) is 27.2 Å². The van der Waals surface area contributed by atoms with Crippen LogP contribution in [0.15, 0.2) is 60.7 Å². The molecule has 0 saturated heterocycles. The Labute approximate surface area is 166 Å². The standard InChI is InChI=1S/C21H24N.F6P/c1-21(2,3)15-17-14-19(16-10-6-5-7-11-16)18-12-8-9-13-20(18)22(17)4;1-7(2,3,4,5)6/h5-14H,15H2,1-4H3;/q+1;-1. The summed E-state index contributed by atoms with van der Waals surface area (Å²) in [5, 5.41) is 1.31. The molecule has 8 heteroatoms. The van der Waals surface area contributed by atoms with Crippen molar-refractivity contribution >= 4 is 18.7 Å². The van der Waals surface area contributed by atoms with E-state index in [0.29, 0.717) is 0 Å². The van der Waals surface area contributed by atoms with Crippen molar-refractivity contribution < 1.29 is 29.7 Å². The summed E-state index contributed by atoms with van der Waals surface area (Å²) in [5.41, 5.74) is 5.56. The van der Waals surface area contributed by atoms with Crippen LogP contribution in [0.5, 0.6) is 0 Å². The molecule has 160 valence electrons. The summed E-state index contributed by atoms with van der Waals surface area (Å²) in [4.78, 5) is 0. The molecule has 0 aliphatic carbocycles. The molecule has 1 heterocycles. The molecule has 0 bridgehead atoms. The molecule has 3 rings (SSSR count). The van der Waals surface area contributed by atoms with Gasteiger partial charge in [-0.2, -0.15) is 4.57 Å². The maximum atomic E-state index is 9.87. The van der Waals surface area contributed by atoms with Crippen LogP contribution in [0.2, 0.25) is 0 Å². The van der Waals surface area contributed by atoms with Gasteiger partial charge in [-0.3, -0.25) is 0 Å². The van der Waals surface area contributed by atoms with E-state index in [0.717, 1.165) is 6.42 Å². The molecule has 0 aliphatic rings. The molecule has 0 radical (unpaired) electrons. The van der Waals surface area contributed by atoms with Crippen LogP contribution in [-0.2, 0) is 13.5 Å². The Balaban J connectivity index is 0.000000370. The first-order valence-electron chi connectivity index (χ1n) is 8.93. The van der Waals surface area contributed by atoms with E-state index in [9.17, 15) is 25.2 Å². The Kier molecular flexibility index (Phi) is 5.57. The SMILES string of the molecule is C[n+]1c(CC(C)(C)C)cc(-c2ccccc2)c2ccccc21.F[P-](F)(F)(F)(F)F. The van der Waals surface area contributed by atoms with E-state index in [4.69, 9.17) is 0 Å². The third-order valence-electron chi connectivity index (χ3n) is 4.09. The maximum absolute atomic E-state index is 10.7. The molecular formula is C21H24F6NP. The zero-order valence-electron chi connectivity index (χ0n) is 16.6. The van der Waals surface area contributed by atoms with Crippen molar-refractivity contribution in [3.05, 3.63) is 66.4 Å². The molecule has 0 spiro atoms. The summed E-state index contributed by atoms with van der Waals surface area (Å²) >= 11 is 0. The molecule has 0 aliphatic heterocycles. The summed E-state index contributed by atoms with van der Waals surface area (Å²) < 4.78 is 61.5. The number of aromatic nitrogens is 1. The van der Waals surface area contributed by atoms with Gasteiger partial charge in [0.2, 0.25) is 5.52 Å². The Hall–Kier alpha value is -2.14. The number of pyridine rings is 1. The molecular weight excluding hydrogens is 411 g/mol. The van der Waals surface area contributed by atoms with Crippen molar-refractivity contribution in [2.75, 3.05) is 0 Å². The van der Waals surface area contributed by atoms with Gasteiger partial charge in [0, 0.05) is 24.1 Å². The van der Waals surface area contributed by atoms with Crippen molar-refractivity contribution in [1.82, 2.24) is 0 Å². The van der Waals surface area contributed by atoms with Gasteiger partial charge in [0.1, 0.15) is 7.05 Å². The fourth-order valence-electron chi connectivity index (χ4n) is 3.06. The van der Waals surface area contributed by atoms with Gasteiger partial charge < -0.3 is 0 Å². The van der Waals surface area contributed by atoms with E-state index in [2.05, 4.69) is 93.0 Å². The zero-order valence-corrected chi connectivity index (χ0v) is 17.5. The minimum absolute atomic E-state index is 0.272. The third kappa shape index (κ3) is 8.40. The van der Waals surface area contributed by atoms with E-state index in [1.54, 1.807) is 0 Å². The fourth-order valence-corrected chi connectivity index (χ4v) is 3.06. The van der Waals surface area contributed by atoms with Gasteiger partial charge in [-0.15, -0.1) is 0 Å². The van der Waals surface area contributed by atoms with Crippen molar-refractivity contribution in [3.8, 4) is 11.1 Å². The van der Waals surface area contributed by atoms with Crippen molar-refractivity contribution in [3.63, 3.8) is 0 Å². The van der Waals surface area contributed by atoms with E-state index in [1.807, 2.05) is 0 Å². The van der Waals surface area contributed by atoms with Crippen LogP contribution >= 0.6 is 7.81 Å². The van der Waals surface area contributed by atoms with Crippen LogP contribution in [0.1, 0.15) is 26.5 Å². The molecule has 3 aromatic rings. The van der Waals surface area contributed by atoms with Crippen LogP contribution < -0.4 is 4.57 Å². The molecule has 0 fully saturated rings. The van der Waals surface area contributed by atoms with Crippen LogP contribution in [0, 0.1) is 5.41 Å². The number of aryl methyl sites for hydroxylation is 1. The third-order valence-corrected chi connectivity index (χ3v) is 4.09. The van der Waals surface area contributed by atoms with Gasteiger partial charge in [-0.25, -0.2) is 0 Å². The fraction of sp³-hybridized carbons (Fsp3) is 0.286. The zero-order chi connectivity index (χ0) is 22.2. The molecule has 1 aromatic heterocycles. The first kappa shape index (κ1) is 23.1. The molecule has 0 unspecified atom stereocenters. The van der Waals surface area contributed by atoms with Crippen LogP contribution in [0.4, 0.5) is 25.2 Å². The van der Waals surface area contributed by atoms with Crippen LogP contribution in [0.25, 0.3) is 22.0 Å². The van der Waals surface area contributed by atoms with E-state index < -0.39 is 7.81 Å². The van der Waals surface area contributed by atoms with Gasteiger partial charge in [0.05, 0.1) is 5.39 Å². The first-order valence-corrected chi connectivity index (χ1v) is 11.0. The quantitative estimate of drug-likeness (QED) is 0.217. The van der Waals surface area contributed by atoms with Gasteiger partial charge in [0.25, 0.3) is 0 Å². The molecule has 29 heavy (non-hydrogen) atoms. The van der Waals surface area contributed by atoms with Gasteiger partial charge in [-0.05, 0) is 17.0 Å². The Morgan fingerprint density at radius 2 is 1.28 bits per heavy atom. The monoisotopic (exact) mass is 435 g/mol. The Bertz CT molecular complexity index is 996. The van der Waals surface area contributed by atoms with E-state index in [-0.39, 0.29) is 5.41 Å². The second-order valence-electron chi connectivity index (χ2n) is 8.19. The molecule has 0 amide bonds. The minimum atomic E-state index is -10.7. The second kappa shape index (κ2) is 6.98. The molecule has 0 N–H and O–H groups in total. The van der Waals surface area contributed by atoms with Crippen molar-refractivity contribution in [1.29, 1.82) is 0 Å². The summed E-state index contributed by atoms with van der Waals surface area (Å²) in [6.45, 7) is 6.89. The van der Waals surface area contributed by atoms with Crippen LogP contribution in [-0.4, -0.2) is 0 Å². The Morgan fingerprint density at radius 1 is 0.793 bits per heavy atom. The normalized spacial score (nSPS) is 14.6. The Morgan fingerprint density at radius 3 is 1.79 bits per heavy atom. The van der Waals surface area contributed by atoms with Crippen molar-refractivity contribution in [2.24, 2.45) is 12.5 Å². The summed E-state index contributed by atoms with van der Waals surface area (Å²) in [5.74, 6) is 0. The predicted molar refractivity (Wildman–Crippen MR) is 107 cm³/mol. The summed E-state index contributed by atoms with van der Waals surface area (Å²) in [6, 6.07) is 21.7. The van der Waals surface area contributed by atoms with Gasteiger partial charge >= 0.3 is 33.0 Å². The number of nitrogens with zero attached hydrogens (tertiary/aromatic N) is 1. The topological polar surface area (TPSA) is 3.88 Å². The molecule has 0 atom stereocenters. The molecule has 1 nitrogen and oxygen atoms in total. The van der Waals surface area contributed by atoms with Gasteiger partial charge in [0.15, 0.2) is 5.69 Å². The average Bonchev–Trinajstić information content (AvgIpc) is 2.54. The number of hydrogen-bond donors (Lipinski definition) is 0. The van der Waals surface area contributed by atoms with Crippen LogP contribution in [0.3, 0.4) is 0 Å². The average molecular weight is 435 g/mol. The number of fused-ring (bicyclic) bond motifs is 1. The number of hydrogen-bond acceptors (Lipinski definition) is 0. The second-order valence-corrected chi connectivity index (χ2v) is 10.1.